The van der Waals surface area contributed by atoms with Gasteiger partial charge in [0.25, 0.3) is 5.91 Å². The molecule has 0 bridgehead atoms. The van der Waals surface area contributed by atoms with Gasteiger partial charge in [0.05, 0.1) is 11.0 Å². The van der Waals surface area contributed by atoms with Gasteiger partial charge >= 0.3 is 6.03 Å². The summed E-state index contributed by atoms with van der Waals surface area (Å²) in [5.74, 6) is -2.28. The molecule has 1 aromatic heterocycles. The van der Waals surface area contributed by atoms with E-state index < -0.39 is 52.7 Å². The number of primary amides is 1. The van der Waals surface area contributed by atoms with Crippen LogP contribution in [0.1, 0.15) is 104 Å². The highest BCUT2D eigenvalue weighted by Gasteiger charge is 2.65. The van der Waals surface area contributed by atoms with E-state index in [0.717, 1.165) is 56.4 Å². The summed E-state index contributed by atoms with van der Waals surface area (Å²) in [6, 6.07) is -3.16. The molecule has 4 aliphatic rings. The summed E-state index contributed by atoms with van der Waals surface area (Å²) < 4.78 is 0. The number of nitrogens with zero attached hydrogens (tertiary/aromatic N) is 2. The van der Waals surface area contributed by atoms with Crippen molar-refractivity contribution in [2.24, 2.45) is 40.2 Å². The summed E-state index contributed by atoms with van der Waals surface area (Å²) in [5.41, 5.74) is 4.18. The Morgan fingerprint density at radius 3 is 2.30 bits per heavy atom. The smallest absolute Gasteiger partial charge is 0.315 e. The second-order valence-corrected chi connectivity index (χ2v) is 17.4. The maximum Gasteiger partial charge on any atom is 0.315 e. The molecule has 0 radical (unpaired) electrons. The van der Waals surface area contributed by atoms with Gasteiger partial charge in [-0.25, -0.2) is 9.78 Å². The molecular weight excluding hydrogens is 616 g/mol. The third-order valence-corrected chi connectivity index (χ3v) is 12.8. The Morgan fingerprint density at radius 2 is 1.74 bits per heavy atom. The fourth-order valence-corrected chi connectivity index (χ4v) is 9.40. The number of amides is 5. The molecule has 4 fully saturated rings. The molecule has 5 amide bonds. The monoisotopic (exact) mass is 670 g/mol. The van der Waals surface area contributed by atoms with E-state index in [-0.39, 0.29) is 35.0 Å². The Bertz CT molecular complexity index is 1350. The van der Waals surface area contributed by atoms with Crippen molar-refractivity contribution in [3.63, 3.8) is 0 Å². The number of ketones is 1. The molecule has 5 rings (SSSR count). The third-order valence-electron chi connectivity index (χ3n) is 12.0. The van der Waals surface area contributed by atoms with Crippen LogP contribution in [0.25, 0.3) is 0 Å². The summed E-state index contributed by atoms with van der Waals surface area (Å²) in [6.07, 6.45) is 10.5. The van der Waals surface area contributed by atoms with Gasteiger partial charge in [-0.3, -0.25) is 19.2 Å². The molecule has 47 heavy (non-hydrogen) atoms. The number of hydrogen-bond donors (Lipinski definition) is 4. The van der Waals surface area contributed by atoms with Crippen molar-refractivity contribution in [2.45, 2.75) is 129 Å². The molecule has 6 atom stereocenters. The van der Waals surface area contributed by atoms with Gasteiger partial charge in [0.1, 0.15) is 12.1 Å². The van der Waals surface area contributed by atoms with Crippen molar-refractivity contribution in [2.75, 3.05) is 6.54 Å². The number of fused-ring (bicyclic) bond motifs is 1. The summed E-state index contributed by atoms with van der Waals surface area (Å²) in [6.45, 7) is 12.5. The number of nitrogens with one attached hydrogen (secondary N) is 3. The van der Waals surface area contributed by atoms with Crippen molar-refractivity contribution in [1.29, 1.82) is 0 Å². The average Bonchev–Trinajstić information content (AvgIpc) is 3.63. The van der Waals surface area contributed by atoms with E-state index in [1.54, 1.807) is 22.4 Å². The fourth-order valence-electron chi connectivity index (χ4n) is 8.64. The van der Waals surface area contributed by atoms with E-state index in [1.165, 1.54) is 0 Å². The van der Waals surface area contributed by atoms with E-state index in [1.807, 2.05) is 26.2 Å². The van der Waals surface area contributed by atoms with Crippen molar-refractivity contribution in [3.05, 3.63) is 16.6 Å². The summed E-state index contributed by atoms with van der Waals surface area (Å²) >= 11 is 1.58. The van der Waals surface area contributed by atoms with Gasteiger partial charge in [0.2, 0.25) is 17.6 Å². The molecule has 11 nitrogen and oxygen atoms in total. The zero-order chi connectivity index (χ0) is 34.3. The number of aromatic nitrogens is 1. The standard InChI is InChI=1S/C35H54N6O5S/c1-20-25-22(34(20,5)6)19-41(26(25)30(44)38-23(27(42)29(36)43)17-21-11-10-12-21)31(45)28(33(2,3)4)39-32(46)40-35(13-8-7-9-14-35)18-24-37-15-16-47-24/h15-16,20-23,25-26,28H,7-14,17-19H2,1-6H3,(H2,36,43)(H,38,44)(H2,39,40,46)/t20-,22-,23?,25-,26-,28+/m0/s1. The molecule has 3 aliphatic carbocycles. The number of rotatable bonds is 11. The third kappa shape index (κ3) is 7.22. The lowest BCUT2D eigenvalue weighted by molar-refractivity contribution is -0.146. The molecule has 1 unspecified atom stereocenters. The summed E-state index contributed by atoms with van der Waals surface area (Å²) in [4.78, 5) is 73.4. The van der Waals surface area contributed by atoms with Gasteiger partial charge in [0, 0.05) is 30.1 Å². The number of nitrogens with two attached hydrogens (primary N) is 1. The van der Waals surface area contributed by atoms with Crippen LogP contribution in [0, 0.1) is 34.5 Å². The van der Waals surface area contributed by atoms with Crippen molar-refractivity contribution < 1.29 is 24.0 Å². The van der Waals surface area contributed by atoms with Crippen LogP contribution in [0.4, 0.5) is 4.79 Å². The minimum absolute atomic E-state index is 0.0763. The largest absolute Gasteiger partial charge is 0.363 e. The Hall–Kier alpha value is -3.02. The van der Waals surface area contributed by atoms with Gasteiger partial charge in [0.15, 0.2) is 0 Å². The van der Waals surface area contributed by atoms with Gasteiger partial charge in [-0.15, -0.1) is 11.3 Å². The Labute approximate surface area is 283 Å². The molecular formula is C35H54N6O5S. The van der Waals surface area contributed by atoms with Crippen molar-refractivity contribution in [1.82, 2.24) is 25.8 Å². The predicted octanol–water partition coefficient (Wildman–Crippen LogP) is 3.95. The molecule has 12 heteroatoms. The predicted molar refractivity (Wildman–Crippen MR) is 180 cm³/mol. The molecule has 0 aromatic carbocycles. The molecule has 1 saturated heterocycles. The second kappa shape index (κ2) is 13.5. The lowest BCUT2D eigenvalue weighted by Crippen LogP contribution is -2.63. The molecule has 5 N–H and O–H groups in total. The minimum Gasteiger partial charge on any atom is -0.363 e. The first-order chi connectivity index (χ1) is 22.0. The van der Waals surface area contributed by atoms with Gasteiger partial charge in [-0.05, 0) is 53.8 Å². The topological polar surface area (TPSA) is 164 Å². The van der Waals surface area contributed by atoms with E-state index in [2.05, 4.69) is 41.7 Å². The summed E-state index contributed by atoms with van der Waals surface area (Å²) in [5, 5.41) is 12.1. The zero-order valence-electron chi connectivity index (χ0n) is 28.9. The molecule has 260 valence electrons. The van der Waals surface area contributed by atoms with Crippen molar-refractivity contribution in [3.8, 4) is 0 Å². The first kappa shape index (κ1) is 35.3. The van der Waals surface area contributed by atoms with E-state index >= 15 is 0 Å². The van der Waals surface area contributed by atoms with Crippen LogP contribution in [0.15, 0.2) is 11.6 Å². The van der Waals surface area contributed by atoms with Crippen LogP contribution in [0.2, 0.25) is 0 Å². The lowest BCUT2D eigenvalue weighted by atomic mass is 9.49. The number of urea groups is 1. The number of likely N-dealkylation sites (tertiary alicyclic amines) is 1. The normalized spacial score (nSPS) is 27.7. The SMILES string of the molecule is C[C@H]1[C@@H]2[C@@H](C(=O)NC(CC3CCC3)C(=O)C(N)=O)N(C(=O)[C@@H](NC(=O)NC3(Cc4nccs4)CCCCC3)C(C)(C)C)C[C@@H]2C1(C)C. The molecule has 3 saturated carbocycles. The van der Waals surface area contributed by atoms with Crippen LogP contribution in [0.5, 0.6) is 0 Å². The van der Waals surface area contributed by atoms with E-state index in [4.69, 9.17) is 5.73 Å². The number of thiazole rings is 1. The maximum absolute atomic E-state index is 14.6. The summed E-state index contributed by atoms with van der Waals surface area (Å²) in [7, 11) is 0. The van der Waals surface area contributed by atoms with E-state index in [0.29, 0.717) is 19.4 Å². The van der Waals surface area contributed by atoms with Gasteiger partial charge < -0.3 is 26.6 Å². The first-order valence-electron chi connectivity index (χ1n) is 17.5. The number of Topliss-reactive ketones (excluding diaryl/α,β-unsaturated/α-hetero) is 1. The van der Waals surface area contributed by atoms with E-state index in [9.17, 15) is 24.0 Å². The lowest BCUT2D eigenvalue weighted by Gasteiger charge is -2.55. The second-order valence-electron chi connectivity index (χ2n) is 16.4. The quantitative estimate of drug-likeness (QED) is 0.261. The number of carbonyl (C=O) groups is 5. The van der Waals surface area contributed by atoms with Crippen LogP contribution in [-0.4, -0.2) is 69.6 Å². The zero-order valence-corrected chi connectivity index (χ0v) is 29.7. The number of carbonyl (C=O) groups excluding carboxylic acids is 5. The van der Waals surface area contributed by atoms with Crippen molar-refractivity contribution >= 4 is 40.9 Å². The minimum atomic E-state index is -1.07. The first-order valence-corrected chi connectivity index (χ1v) is 18.3. The van der Waals surface area contributed by atoms with Gasteiger partial charge in [-0.1, -0.05) is 80.1 Å². The van der Waals surface area contributed by atoms with Crippen LogP contribution >= 0.6 is 11.3 Å². The highest BCUT2D eigenvalue weighted by atomic mass is 32.1. The van der Waals surface area contributed by atoms with Crippen LogP contribution < -0.4 is 21.7 Å². The highest BCUT2D eigenvalue weighted by Crippen LogP contribution is 2.61. The van der Waals surface area contributed by atoms with Crippen LogP contribution in [-0.2, 0) is 25.6 Å². The molecule has 1 aromatic rings. The maximum atomic E-state index is 14.6. The molecule has 1 aliphatic heterocycles. The molecule has 2 heterocycles. The Balaban J connectivity index is 1.37. The Morgan fingerprint density at radius 1 is 1.06 bits per heavy atom. The fraction of sp³-hybridized carbons (Fsp3) is 0.771. The van der Waals surface area contributed by atoms with Crippen LogP contribution in [0.3, 0.4) is 0 Å². The van der Waals surface area contributed by atoms with Gasteiger partial charge in [-0.2, -0.15) is 0 Å². The molecule has 0 spiro atoms. The highest BCUT2D eigenvalue weighted by molar-refractivity contribution is 7.09. The number of hydrogen-bond acceptors (Lipinski definition) is 7. The Kier molecular flexibility index (Phi) is 10.1. The average molecular weight is 671 g/mol.